The average molecular weight is 319 g/mol. The number of aromatic nitrogens is 4. The summed E-state index contributed by atoms with van der Waals surface area (Å²) >= 11 is 5.84. The Kier molecular flexibility index (Phi) is 4.38. The Labute approximate surface area is 135 Å². The maximum absolute atomic E-state index is 5.84. The van der Waals surface area contributed by atoms with Crippen LogP contribution in [-0.4, -0.2) is 46.1 Å². The van der Waals surface area contributed by atoms with Crippen LogP contribution in [0.1, 0.15) is 18.5 Å². The van der Waals surface area contributed by atoms with Gasteiger partial charge in [0, 0.05) is 38.6 Å². The molecule has 1 aliphatic heterocycles. The highest BCUT2D eigenvalue weighted by atomic mass is 35.5. The maximum atomic E-state index is 5.84. The number of nitrogens with zero attached hydrogens (tertiary/aromatic N) is 6. The predicted octanol–water partition coefficient (Wildman–Crippen LogP) is 2.33. The van der Waals surface area contributed by atoms with Gasteiger partial charge in [0.15, 0.2) is 0 Å². The first-order valence-electron chi connectivity index (χ1n) is 7.38. The van der Waals surface area contributed by atoms with Crippen LogP contribution >= 0.6 is 11.6 Å². The molecule has 7 heteroatoms. The minimum atomic E-state index is 0.425. The SMILES string of the molecule is Cc1nccnc1N1CCC(N(C)c2ncc(Cl)cn2)CC1. The number of anilines is 2. The Morgan fingerprint density at radius 2 is 1.73 bits per heavy atom. The first-order valence-corrected chi connectivity index (χ1v) is 7.76. The summed E-state index contributed by atoms with van der Waals surface area (Å²) in [5, 5.41) is 0.560. The van der Waals surface area contributed by atoms with E-state index in [2.05, 4.69) is 29.7 Å². The fourth-order valence-corrected chi connectivity index (χ4v) is 2.92. The average Bonchev–Trinajstić information content (AvgIpc) is 2.56. The molecular formula is C15H19ClN6. The van der Waals surface area contributed by atoms with Gasteiger partial charge in [-0.15, -0.1) is 0 Å². The van der Waals surface area contributed by atoms with Crippen LogP contribution in [0.25, 0.3) is 0 Å². The van der Waals surface area contributed by atoms with Crippen LogP contribution < -0.4 is 9.80 Å². The summed E-state index contributed by atoms with van der Waals surface area (Å²) in [6.07, 6.45) is 8.84. The van der Waals surface area contributed by atoms with Crippen molar-refractivity contribution in [3.05, 3.63) is 35.5 Å². The van der Waals surface area contributed by atoms with Crippen molar-refractivity contribution >= 4 is 23.4 Å². The van der Waals surface area contributed by atoms with Crippen LogP contribution in [-0.2, 0) is 0 Å². The van der Waals surface area contributed by atoms with E-state index < -0.39 is 0 Å². The zero-order valence-electron chi connectivity index (χ0n) is 12.8. The minimum absolute atomic E-state index is 0.425. The van der Waals surface area contributed by atoms with E-state index in [0.717, 1.165) is 43.4 Å². The molecule has 3 rings (SSSR count). The molecule has 3 heterocycles. The Hall–Kier alpha value is -1.95. The zero-order valence-corrected chi connectivity index (χ0v) is 13.5. The van der Waals surface area contributed by atoms with E-state index in [1.54, 1.807) is 24.8 Å². The summed E-state index contributed by atoms with van der Waals surface area (Å²) in [6, 6.07) is 0.425. The lowest BCUT2D eigenvalue weighted by Gasteiger charge is -2.37. The Balaban J connectivity index is 1.64. The molecule has 116 valence electrons. The molecule has 22 heavy (non-hydrogen) atoms. The molecule has 0 amide bonds. The molecule has 0 radical (unpaired) electrons. The monoisotopic (exact) mass is 318 g/mol. The molecule has 6 nitrogen and oxygen atoms in total. The predicted molar refractivity (Wildman–Crippen MR) is 87.4 cm³/mol. The molecule has 0 atom stereocenters. The third-order valence-corrected chi connectivity index (χ3v) is 4.28. The van der Waals surface area contributed by atoms with E-state index in [1.807, 2.05) is 14.0 Å². The first kappa shape index (κ1) is 15.0. The zero-order chi connectivity index (χ0) is 15.5. The number of aryl methyl sites for hydroxylation is 1. The van der Waals surface area contributed by atoms with Crippen molar-refractivity contribution in [2.75, 3.05) is 29.9 Å². The van der Waals surface area contributed by atoms with Gasteiger partial charge >= 0.3 is 0 Å². The molecule has 0 unspecified atom stereocenters. The van der Waals surface area contributed by atoms with Crippen molar-refractivity contribution < 1.29 is 0 Å². The third-order valence-electron chi connectivity index (χ3n) is 4.09. The molecule has 0 aliphatic carbocycles. The summed E-state index contributed by atoms with van der Waals surface area (Å²) in [6.45, 7) is 3.92. The molecule has 2 aromatic rings. The molecule has 0 bridgehead atoms. The highest BCUT2D eigenvalue weighted by molar-refractivity contribution is 6.30. The summed E-state index contributed by atoms with van der Waals surface area (Å²) < 4.78 is 0. The van der Waals surface area contributed by atoms with Gasteiger partial charge in [-0.3, -0.25) is 4.98 Å². The van der Waals surface area contributed by atoms with Crippen LogP contribution in [0.4, 0.5) is 11.8 Å². The largest absolute Gasteiger partial charge is 0.355 e. The number of rotatable bonds is 3. The van der Waals surface area contributed by atoms with E-state index >= 15 is 0 Å². The lowest BCUT2D eigenvalue weighted by molar-refractivity contribution is 0.474. The van der Waals surface area contributed by atoms with Gasteiger partial charge in [-0.1, -0.05) is 11.6 Å². The molecule has 2 aromatic heterocycles. The standard InChI is InChI=1S/C15H19ClN6/c1-11-14(18-6-5-17-11)22-7-3-13(4-8-22)21(2)15-19-9-12(16)10-20-15/h5-6,9-10,13H,3-4,7-8H2,1-2H3. The second-order valence-corrected chi connectivity index (χ2v) is 5.93. The molecule has 0 N–H and O–H groups in total. The van der Waals surface area contributed by atoms with E-state index in [1.165, 1.54) is 0 Å². The van der Waals surface area contributed by atoms with Crippen molar-refractivity contribution in [3.8, 4) is 0 Å². The van der Waals surface area contributed by atoms with Gasteiger partial charge in [0.2, 0.25) is 5.95 Å². The highest BCUT2D eigenvalue weighted by Crippen LogP contribution is 2.23. The third kappa shape index (κ3) is 3.11. The van der Waals surface area contributed by atoms with Gasteiger partial charge in [-0.25, -0.2) is 15.0 Å². The van der Waals surface area contributed by atoms with Crippen molar-refractivity contribution in [3.63, 3.8) is 0 Å². The molecule has 0 aromatic carbocycles. The first-order chi connectivity index (χ1) is 10.6. The van der Waals surface area contributed by atoms with Crippen molar-refractivity contribution in [1.29, 1.82) is 0 Å². The Bertz CT molecular complexity index is 624. The Morgan fingerprint density at radius 3 is 2.36 bits per heavy atom. The van der Waals surface area contributed by atoms with Crippen molar-refractivity contribution in [1.82, 2.24) is 19.9 Å². The molecule has 1 saturated heterocycles. The number of hydrogen-bond acceptors (Lipinski definition) is 6. The Morgan fingerprint density at radius 1 is 1.09 bits per heavy atom. The van der Waals surface area contributed by atoms with Gasteiger partial charge in [0.05, 0.1) is 23.1 Å². The summed E-state index contributed by atoms with van der Waals surface area (Å²) in [5.74, 6) is 1.71. The highest BCUT2D eigenvalue weighted by Gasteiger charge is 2.25. The van der Waals surface area contributed by atoms with Gasteiger partial charge in [0.1, 0.15) is 5.82 Å². The normalized spacial score (nSPS) is 15.9. The van der Waals surface area contributed by atoms with E-state index in [0.29, 0.717) is 11.1 Å². The minimum Gasteiger partial charge on any atom is -0.355 e. The summed E-state index contributed by atoms with van der Waals surface area (Å²) in [5.41, 5.74) is 0.982. The second kappa shape index (κ2) is 6.44. The molecule has 0 saturated carbocycles. The van der Waals surface area contributed by atoms with Crippen LogP contribution in [0.2, 0.25) is 5.02 Å². The van der Waals surface area contributed by atoms with Crippen LogP contribution in [0, 0.1) is 6.92 Å². The maximum Gasteiger partial charge on any atom is 0.225 e. The molecular weight excluding hydrogens is 300 g/mol. The van der Waals surface area contributed by atoms with Gasteiger partial charge in [-0.05, 0) is 19.8 Å². The number of piperidine rings is 1. The van der Waals surface area contributed by atoms with Crippen molar-refractivity contribution in [2.24, 2.45) is 0 Å². The molecule has 0 spiro atoms. The topological polar surface area (TPSA) is 58.0 Å². The number of hydrogen-bond donors (Lipinski definition) is 0. The summed E-state index contributed by atoms with van der Waals surface area (Å²) in [4.78, 5) is 21.8. The van der Waals surface area contributed by atoms with E-state index in [-0.39, 0.29) is 0 Å². The molecule has 1 fully saturated rings. The fraction of sp³-hybridized carbons (Fsp3) is 0.467. The van der Waals surface area contributed by atoms with Gasteiger partial charge < -0.3 is 9.80 Å². The van der Waals surface area contributed by atoms with Crippen LogP contribution in [0.3, 0.4) is 0 Å². The van der Waals surface area contributed by atoms with Crippen LogP contribution in [0.15, 0.2) is 24.8 Å². The second-order valence-electron chi connectivity index (χ2n) is 5.50. The van der Waals surface area contributed by atoms with Crippen molar-refractivity contribution in [2.45, 2.75) is 25.8 Å². The lowest BCUT2D eigenvalue weighted by atomic mass is 10.0. The van der Waals surface area contributed by atoms with Gasteiger partial charge in [0.25, 0.3) is 0 Å². The van der Waals surface area contributed by atoms with Gasteiger partial charge in [-0.2, -0.15) is 0 Å². The quantitative estimate of drug-likeness (QED) is 0.865. The lowest BCUT2D eigenvalue weighted by Crippen LogP contribution is -2.44. The van der Waals surface area contributed by atoms with E-state index in [9.17, 15) is 0 Å². The van der Waals surface area contributed by atoms with Crippen LogP contribution in [0.5, 0.6) is 0 Å². The molecule has 1 aliphatic rings. The summed E-state index contributed by atoms with van der Waals surface area (Å²) in [7, 11) is 2.04. The smallest absolute Gasteiger partial charge is 0.225 e. The number of halogens is 1. The van der Waals surface area contributed by atoms with E-state index in [4.69, 9.17) is 11.6 Å². The fourth-order valence-electron chi connectivity index (χ4n) is 2.83.